The number of methoxy groups -OCH3 is 1. The number of hydrogen-bond donors (Lipinski definition) is 3. The Hall–Kier alpha value is -3.99. The molecule has 3 N–H and O–H groups in total. The average molecular weight is 526 g/mol. The van der Waals surface area contributed by atoms with Crippen LogP contribution in [0, 0.1) is 6.92 Å². The molecule has 0 saturated carbocycles. The van der Waals surface area contributed by atoms with Gasteiger partial charge >= 0.3 is 0 Å². The van der Waals surface area contributed by atoms with Gasteiger partial charge in [0.15, 0.2) is 5.75 Å². The summed E-state index contributed by atoms with van der Waals surface area (Å²) in [7, 11) is -3.14. The maximum absolute atomic E-state index is 13.0. The second-order valence-corrected chi connectivity index (χ2v) is 9.60. The van der Waals surface area contributed by atoms with E-state index < -0.39 is 26.7 Å². The Bertz CT molecular complexity index is 1620. The van der Waals surface area contributed by atoms with Crippen molar-refractivity contribution in [3.05, 3.63) is 82.9 Å². The van der Waals surface area contributed by atoms with Gasteiger partial charge in [-0.25, -0.2) is 0 Å². The van der Waals surface area contributed by atoms with Crippen molar-refractivity contribution < 1.29 is 27.6 Å². The zero-order valence-corrected chi connectivity index (χ0v) is 20.6. The predicted octanol–water partition coefficient (Wildman–Crippen LogP) is 6.43. The predicted molar refractivity (Wildman–Crippen MR) is 137 cm³/mol. The van der Waals surface area contributed by atoms with E-state index in [1.165, 1.54) is 19.2 Å². The van der Waals surface area contributed by atoms with Crippen LogP contribution in [-0.2, 0) is 10.1 Å². The first kappa shape index (κ1) is 25.1. The number of carbonyl (C=O) groups is 1. The number of benzene rings is 4. The molecule has 11 heteroatoms. The molecule has 0 aliphatic heterocycles. The smallest absolute Gasteiger partial charge is 0.296 e. The quantitative estimate of drug-likeness (QED) is 0.196. The number of anilines is 1. The van der Waals surface area contributed by atoms with Crippen LogP contribution >= 0.6 is 11.6 Å². The lowest BCUT2D eigenvalue weighted by molar-refractivity contribution is 0.102. The van der Waals surface area contributed by atoms with E-state index in [0.29, 0.717) is 27.8 Å². The van der Waals surface area contributed by atoms with E-state index in [0.717, 1.165) is 6.07 Å². The van der Waals surface area contributed by atoms with Crippen molar-refractivity contribution in [1.82, 2.24) is 0 Å². The van der Waals surface area contributed by atoms with Gasteiger partial charge in [0.1, 0.15) is 22.0 Å². The minimum absolute atomic E-state index is 0.0522. The second kappa shape index (κ2) is 9.94. The van der Waals surface area contributed by atoms with Gasteiger partial charge in [-0.1, -0.05) is 35.9 Å². The normalized spacial score (nSPS) is 11.7. The minimum atomic E-state index is -4.67. The van der Waals surface area contributed by atoms with Crippen molar-refractivity contribution in [3.63, 3.8) is 0 Å². The first-order valence-corrected chi connectivity index (χ1v) is 12.3. The fourth-order valence-electron chi connectivity index (χ4n) is 3.59. The summed E-state index contributed by atoms with van der Waals surface area (Å²) in [5.74, 6) is -0.435. The highest BCUT2D eigenvalue weighted by molar-refractivity contribution is 7.86. The zero-order chi connectivity index (χ0) is 26.0. The number of fused-ring (bicyclic) bond motifs is 1. The van der Waals surface area contributed by atoms with Gasteiger partial charge in [-0.3, -0.25) is 9.35 Å². The third kappa shape index (κ3) is 5.15. The zero-order valence-electron chi connectivity index (χ0n) is 19.1. The van der Waals surface area contributed by atoms with E-state index in [-0.39, 0.29) is 22.0 Å². The Balaban J connectivity index is 1.82. The number of phenols is 1. The van der Waals surface area contributed by atoms with Crippen molar-refractivity contribution in [2.45, 2.75) is 11.8 Å². The van der Waals surface area contributed by atoms with Crippen LogP contribution in [0.3, 0.4) is 0 Å². The number of ether oxygens (including phenoxy) is 1. The summed E-state index contributed by atoms with van der Waals surface area (Å²) in [6, 6.07) is 17.6. The molecule has 36 heavy (non-hydrogen) atoms. The van der Waals surface area contributed by atoms with Crippen molar-refractivity contribution in [3.8, 4) is 11.5 Å². The van der Waals surface area contributed by atoms with Crippen molar-refractivity contribution in [1.29, 1.82) is 0 Å². The van der Waals surface area contributed by atoms with E-state index in [1.54, 1.807) is 55.5 Å². The Kier molecular flexibility index (Phi) is 6.93. The fourth-order valence-corrected chi connectivity index (χ4v) is 4.65. The molecule has 0 spiro atoms. The SMILES string of the molecule is COc1ccc(NC(=O)c2cc3ccccc3c(N=Nc3c(C)cc(Cl)cc3S(=O)(=O)O)c2O)cc1. The number of halogens is 1. The number of aryl methyl sites for hydroxylation is 1. The van der Waals surface area contributed by atoms with Gasteiger partial charge < -0.3 is 15.2 Å². The number of azo groups is 1. The van der Waals surface area contributed by atoms with Gasteiger partial charge in [0.25, 0.3) is 16.0 Å². The topological polar surface area (TPSA) is 138 Å². The Morgan fingerprint density at radius 2 is 1.67 bits per heavy atom. The molecule has 4 rings (SSSR count). The van der Waals surface area contributed by atoms with Crippen LogP contribution in [0.2, 0.25) is 5.02 Å². The maximum Gasteiger partial charge on any atom is 0.296 e. The summed E-state index contributed by atoms with van der Waals surface area (Å²) < 4.78 is 38.5. The number of amides is 1. The molecule has 4 aromatic carbocycles. The first-order chi connectivity index (χ1) is 17.1. The molecular weight excluding hydrogens is 506 g/mol. The lowest BCUT2D eigenvalue weighted by Crippen LogP contribution is -2.12. The van der Waals surface area contributed by atoms with Crippen LogP contribution in [0.15, 0.2) is 81.9 Å². The highest BCUT2D eigenvalue weighted by atomic mass is 35.5. The van der Waals surface area contributed by atoms with Gasteiger partial charge in [0.05, 0.1) is 12.7 Å². The molecule has 1 amide bonds. The molecule has 0 bridgehead atoms. The summed E-state index contributed by atoms with van der Waals surface area (Å²) >= 11 is 5.95. The van der Waals surface area contributed by atoms with Gasteiger partial charge in [-0.15, -0.1) is 10.2 Å². The molecule has 0 fully saturated rings. The Morgan fingerprint density at radius 1 is 1.00 bits per heavy atom. The van der Waals surface area contributed by atoms with Crippen LogP contribution in [0.1, 0.15) is 15.9 Å². The molecule has 0 aromatic heterocycles. The number of nitrogens with zero attached hydrogens (tertiary/aromatic N) is 2. The number of rotatable bonds is 6. The minimum Gasteiger partial charge on any atom is -0.505 e. The first-order valence-electron chi connectivity index (χ1n) is 10.5. The largest absolute Gasteiger partial charge is 0.505 e. The van der Waals surface area contributed by atoms with Crippen molar-refractivity contribution in [2.75, 3.05) is 12.4 Å². The molecule has 0 saturated heterocycles. The average Bonchev–Trinajstić information content (AvgIpc) is 2.83. The lowest BCUT2D eigenvalue weighted by atomic mass is 10.0. The summed E-state index contributed by atoms with van der Waals surface area (Å²) in [5, 5.41) is 23.0. The molecule has 0 aliphatic rings. The maximum atomic E-state index is 13.0. The van der Waals surface area contributed by atoms with Gasteiger partial charge in [0, 0.05) is 16.1 Å². The molecule has 0 aliphatic carbocycles. The second-order valence-electron chi connectivity index (χ2n) is 7.77. The van der Waals surface area contributed by atoms with Crippen LogP contribution in [-0.4, -0.2) is 31.1 Å². The standard InChI is InChI=1S/C25H20ClN3O6S/c1-14-11-16(26)13-21(36(32,33)34)22(14)28-29-23-19-6-4-3-5-15(19)12-20(24(23)30)25(31)27-17-7-9-18(35-2)10-8-17/h3-13,30H,1-2H3,(H,27,31)(H,32,33,34). The van der Waals surface area contributed by atoms with E-state index >= 15 is 0 Å². The van der Waals surface area contributed by atoms with Crippen molar-refractivity contribution in [2.24, 2.45) is 10.2 Å². The number of hydrogen-bond acceptors (Lipinski definition) is 7. The molecule has 0 atom stereocenters. The monoisotopic (exact) mass is 525 g/mol. The molecular formula is C25H20ClN3O6S. The van der Waals surface area contributed by atoms with Gasteiger partial charge in [0.2, 0.25) is 0 Å². The molecule has 9 nitrogen and oxygen atoms in total. The third-order valence-electron chi connectivity index (χ3n) is 5.35. The van der Waals surface area contributed by atoms with E-state index in [4.69, 9.17) is 16.3 Å². The van der Waals surface area contributed by atoms with E-state index in [9.17, 15) is 22.9 Å². The lowest BCUT2D eigenvalue weighted by Gasteiger charge is -2.12. The Labute approximate surface area is 211 Å². The number of phenolic OH excluding ortho intramolecular Hbond substituents is 1. The highest BCUT2D eigenvalue weighted by Gasteiger charge is 2.21. The molecule has 0 radical (unpaired) electrons. The number of carbonyl (C=O) groups excluding carboxylic acids is 1. The third-order valence-corrected chi connectivity index (χ3v) is 6.43. The molecule has 4 aromatic rings. The van der Waals surface area contributed by atoms with E-state index in [2.05, 4.69) is 15.5 Å². The summed E-state index contributed by atoms with van der Waals surface area (Å²) in [6.07, 6.45) is 0. The van der Waals surface area contributed by atoms with E-state index in [1.807, 2.05) is 0 Å². The fraction of sp³-hybridized carbons (Fsp3) is 0.0800. The van der Waals surface area contributed by atoms with Crippen LogP contribution in [0.4, 0.5) is 17.1 Å². The van der Waals surface area contributed by atoms with Crippen LogP contribution < -0.4 is 10.1 Å². The number of aromatic hydroxyl groups is 1. The van der Waals surface area contributed by atoms with Crippen LogP contribution in [0.5, 0.6) is 11.5 Å². The summed E-state index contributed by atoms with van der Waals surface area (Å²) in [6.45, 7) is 1.55. The van der Waals surface area contributed by atoms with Crippen molar-refractivity contribution >= 4 is 55.5 Å². The Morgan fingerprint density at radius 3 is 2.33 bits per heavy atom. The molecule has 0 unspecified atom stereocenters. The van der Waals surface area contributed by atoms with Gasteiger partial charge in [-0.2, -0.15) is 8.42 Å². The summed E-state index contributed by atoms with van der Waals surface area (Å²) in [4.78, 5) is 12.5. The molecule has 184 valence electrons. The van der Waals surface area contributed by atoms with Crippen LogP contribution in [0.25, 0.3) is 10.8 Å². The highest BCUT2D eigenvalue weighted by Crippen LogP contribution is 2.41. The number of nitrogens with one attached hydrogen (secondary N) is 1. The summed E-state index contributed by atoms with van der Waals surface area (Å²) in [5.41, 5.74) is 0.533. The van der Waals surface area contributed by atoms with Gasteiger partial charge in [-0.05, 0) is 60.3 Å². The molecule has 0 heterocycles.